The molecule has 4 nitrogen and oxygen atoms in total. The molecule has 0 amide bonds. The van der Waals surface area contributed by atoms with E-state index in [0.29, 0.717) is 6.04 Å². The normalized spacial score (nSPS) is 21.5. The molecule has 1 unspecified atom stereocenters. The van der Waals surface area contributed by atoms with Gasteiger partial charge >= 0.3 is 0 Å². The predicted molar refractivity (Wildman–Crippen MR) is 79.5 cm³/mol. The number of hydrogen-bond donors (Lipinski definition) is 1. The second-order valence-electron chi connectivity index (χ2n) is 5.89. The Hall–Kier alpha value is -0.870. The van der Waals surface area contributed by atoms with Crippen molar-refractivity contribution >= 4 is 0 Å². The summed E-state index contributed by atoms with van der Waals surface area (Å²) in [5, 5.41) is 8.21. The molecule has 19 heavy (non-hydrogen) atoms. The van der Waals surface area contributed by atoms with Crippen molar-refractivity contribution < 1.29 is 0 Å². The Bertz CT molecular complexity index is 385. The monoisotopic (exact) mass is 264 g/mol. The summed E-state index contributed by atoms with van der Waals surface area (Å²) >= 11 is 0. The van der Waals surface area contributed by atoms with Crippen molar-refractivity contribution in [1.82, 2.24) is 20.0 Å². The zero-order chi connectivity index (χ0) is 13.7. The van der Waals surface area contributed by atoms with Crippen LogP contribution in [0.15, 0.2) is 6.07 Å². The van der Waals surface area contributed by atoms with Gasteiger partial charge in [0, 0.05) is 18.3 Å². The zero-order valence-corrected chi connectivity index (χ0v) is 12.7. The molecular weight excluding hydrogens is 236 g/mol. The zero-order valence-electron chi connectivity index (χ0n) is 12.7. The first-order valence-corrected chi connectivity index (χ1v) is 7.58. The highest BCUT2D eigenvalue weighted by molar-refractivity contribution is 5.06. The molecule has 1 aliphatic heterocycles. The van der Waals surface area contributed by atoms with Crippen molar-refractivity contribution in [2.24, 2.45) is 0 Å². The van der Waals surface area contributed by atoms with Crippen LogP contribution in [-0.2, 0) is 6.54 Å². The van der Waals surface area contributed by atoms with Crippen LogP contribution in [0.2, 0.25) is 0 Å². The van der Waals surface area contributed by atoms with E-state index in [2.05, 4.69) is 47.0 Å². The van der Waals surface area contributed by atoms with Crippen LogP contribution in [0.4, 0.5) is 0 Å². The van der Waals surface area contributed by atoms with Gasteiger partial charge in [-0.2, -0.15) is 5.10 Å². The molecule has 0 aromatic carbocycles. The molecule has 0 spiro atoms. The van der Waals surface area contributed by atoms with Crippen LogP contribution in [0.3, 0.4) is 0 Å². The van der Waals surface area contributed by atoms with Crippen molar-refractivity contribution in [3.63, 3.8) is 0 Å². The Morgan fingerprint density at radius 1 is 1.32 bits per heavy atom. The molecule has 0 saturated carbocycles. The Morgan fingerprint density at radius 3 is 2.89 bits per heavy atom. The lowest BCUT2D eigenvalue weighted by molar-refractivity contribution is 0.343. The highest BCUT2D eigenvalue weighted by Crippen LogP contribution is 2.09. The standard InChI is InChI=1S/C15H28N4/c1-13-12-14(2)19(17-13)10-5-8-16-15-6-4-9-18(3)11-7-15/h12,15-16H,4-11H2,1-3H3. The molecule has 0 bridgehead atoms. The molecule has 1 aliphatic rings. The molecule has 4 heteroatoms. The van der Waals surface area contributed by atoms with Crippen LogP contribution < -0.4 is 5.32 Å². The van der Waals surface area contributed by atoms with Crippen LogP contribution >= 0.6 is 0 Å². The minimum Gasteiger partial charge on any atom is -0.314 e. The van der Waals surface area contributed by atoms with Crippen molar-refractivity contribution in [3.05, 3.63) is 17.5 Å². The third-order valence-corrected chi connectivity index (χ3v) is 4.03. The molecule has 0 radical (unpaired) electrons. The van der Waals surface area contributed by atoms with Gasteiger partial charge in [-0.1, -0.05) is 0 Å². The topological polar surface area (TPSA) is 33.1 Å². The van der Waals surface area contributed by atoms with Crippen LogP contribution in [-0.4, -0.2) is 47.4 Å². The second-order valence-corrected chi connectivity index (χ2v) is 5.89. The van der Waals surface area contributed by atoms with E-state index in [-0.39, 0.29) is 0 Å². The first-order valence-electron chi connectivity index (χ1n) is 7.58. The van der Waals surface area contributed by atoms with E-state index in [9.17, 15) is 0 Å². The number of aryl methyl sites for hydroxylation is 3. The van der Waals surface area contributed by atoms with Gasteiger partial charge in [0.25, 0.3) is 0 Å². The van der Waals surface area contributed by atoms with Crippen molar-refractivity contribution in [1.29, 1.82) is 0 Å². The van der Waals surface area contributed by atoms with E-state index < -0.39 is 0 Å². The summed E-state index contributed by atoms with van der Waals surface area (Å²) in [4.78, 5) is 2.44. The molecular formula is C15H28N4. The van der Waals surface area contributed by atoms with E-state index in [1.54, 1.807) is 0 Å². The first-order chi connectivity index (χ1) is 9.15. The Balaban J connectivity index is 1.65. The summed E-state index contributed by atoms with van der Waals surface area (Å²) in [5.41, 5.74) is 2.39. The minimum absolute atomic E-state index is 0.713. The van der Waals surface area contributed by atoms with Crippen LogP contribution in [0.25, 0.3) is 0 Å². The maximum Gasteiger partial charge on any atom is 0.0596 e. The second kappa shape index (κ2) is 7.06. The molecule has 0 aliphatic carbocycles. The fourth-order valence-corrected chi connectivity index (χ4v) is 2.88. The maximum absolute atomic E-state index is 4.50. The quantitative estimate of drug-likeness (QED) is 0.825. The van der Waals surface area contributed by atoms with Gasteiger partial charge in [-0.05, 0) is 72.3 Å². The van der Waals surface area contributed by atoms with Gasteiger partial charge in [0.05, 0.1) is 5.69 Å². The molecule has 1 saturated heterocycles. The fraction of sp³-hybridized carbons (Fsp3) is 0.800. The molecule has 1 N–H and O–H groups in total. The lowest BCUT2D eigenvalue weighted by Gasteiger charge is -2.16. The Labute approximate surface area is 117 Å². The molecule has 2 heterocycles. The van der Waals surface area contributed by atoms with Gasteiger partial charge in [0.1, 0.15) is 0 Å². The average molecular weight is 264 g/mol. The van der Waals surface area contributed by atoms with Gasteiger partial charge < -0.3 is 10.2 Å². The number of nitrogens with one attached hydrogen (secondary N) is 1. The summed E-state index contributed by atoms with van der Waals surface area (Å²) in [6.07, 6.45) is 5.10. The molecule has 1 aromatic heterocycles. The van der Waals surface area contributed by atoms with Crippen LogP contribution in [0.1, 0.15) is 37.1 Å². The highest BCUT2D eigenvalue weighted by atomic mass is 15.3. The molecule has 2 rings (SSSR count). The van der Waals surface area contributed by atoms with Gasteiger partial charge in [0.15, 0.2) is 0 Å². The maximum atomic E-state index is 4.50. The van der Waals surface area contributed by atoms with Crippen molar-refractivity contribution in [3.8, 4) is 0 Å². The SMILES string of the molecule is Cc1cc(C)n(CCCNC2CCCN(C)CC2)n1. The molecule has 1 fully saturated rings. The van der Waals surface area contributed by atoms with Crippen molar-refractivity contribution in [2.75, 3.05) is 26.7 Å². The van der Waals surface area contributed by atoms with E-state index in [0.717, 1.165) is 25.2 Å². The largest absolute Gasteiger partial charge is 0.314 e. The lowest BCUT2D eigenvalue weighted by Crippen LogP contribution is -2.31. The number of nitrogens with zero attached hydrogens (tertiary/aromatic N) is 3. The van der Waals surface area contributed by atoms with Crippen molar-refractivity contribution in [2.45, 2.75) is 52.1 Å². The van der Waals surface area contributed by atoms with E-state index >= 15 is 0 Å². The Kier molecular flexibility index (Phi) is 5.40. The van der Waals surface area contributed by atoms with Crippen LogP contribution in [0, 0.1) is 13.8 Å². The van der Waals surface area contributed by atoms with E-state index in [1.165, 1.54) is 38.0 Å². The average Bonchev–Trinajstić information content (AvgIpc) is 2.57. The number of likely N-dealkylation sites (tertiary alicyclic amines) is 1. The van der Waals surface area contributed by atoms with Crippen LogP contribution in [0.5, 0.6) is 0 Å². The third-order valence-electron chi connectivity index (χ3n) is 4.03. The smallest absolute Gasteiger partial charge is 0.0596 e. The third kappa shape index (κ3) is 4.62. The lowest BCUT2D eigenvalue weighted by atomic mass is 10.1. The summed E-state index contributed by atoms with van der Waals surface area (Å²) in [5.74, 6) is 0. The van der Waals surface area contributed by atoms with Gasteiger partial charge in [-0.25, -0.2) is 0 Å². The van der Waals surface area contributed by atoms with E-state index in [4.69, 9.17) is 0 Å². The fourth-order valence-electron chi connectivity index (χ4n) is 2.88. The predicted octanol–water partition coefficient (Wildman–Crippen LogP) is 1.96. The summed E-state index contributed by atoms with van der Waals surface area (Å²) in [6, 6.07) is 2.86. The summed E-state index contributed by atoms with van der Waals surface area (Å²) in [6.45, 7) is 8.81. The molecule has 1 aromatic rings. The van der Waals surface area contributed by atoms with E-state index in [1.807, 2.05) is 0 Å². The van der Waals surface area contributed by atoms with Gasteiger partial charge in [0.2, 0.25) is 0 Å². The molecule has 1 atom stereocenters. The van der Waals surface area contributed by atoms with Gasteiger partial charge in [-0.3, -0.25) is 4.68 Å². The summed E-state index contributed by atoms with van der Waals surface area (Å²) in [7, 11) is 2.23. The highest BCUT2D eigenvalue weighted by Gasteiger charge is 2.13. The number of hydrogen-bond acceptors (Lipinski definition) is 3. The Morgan fingerprint density at radius 2 is 2.16 bits per heavy atom. The number of aromatic nitrogens is 2. The molecule has 108 valence electrons. The number of rotatable bonds is 5. The summed E-state index contributed by atoms with van der Waals surface area (Å²) < 4.78 is 2.12. The van der Waals surface area contributed by atoms with Gasteiger partial charge in [-0.15, -0.1) is 0 Å². The minimum atomic E-state index is 0.713. The first kappa shape index (κ1) is 14.5.